The highest BCUT2D eigenvalue weighted by molar-refractivity contribution is 7.93. The zero-order valence-electron chi connectivity index (χ0n) is 18.3. The summed E-state index contributed by atoms with van der Waals surface area (Å²) in [6.07, 6.45) is 0. The number of halogens is 1. The molecule has 1 aliphatic rings. The molecule has 0 spiro atoms. The molecule has 9 nitrogen and oxygen atoms in total. The summed E-state index contributed by atoms with van der Waals surface area (Å²) >= 11 is 6.28. The molecule has 0 saturated carbocycles. The SMILES string of the molecule is COC(=O)C1=C(Nc2cccc(Cl)c2S(=O)(=O)Nc2ccc(C)cc2C)C(=O)N(CCO)C1. The molecular formula is C22H24ClN3O6S. The van der Waals surface area contributed by atoms with Crippen LogP contribution in [-0.4, -0.2) is 57.1 Å². The Bertz CT molecular complexity index is 1240. The average Bonchev–Trinajstić information content (AvgIpc) is 3.05. The third-order valence-corrected chi connectivity index (χ3v) is 6.97. The predicted octanol–water partition coefficient (Wildman–Crippen LogP) is 2.43. The highest BCUT2D eigenvalue weighted by Gasteiger charge is 2.35. The Balaban J connectivity index is 2.04. The number of aliphatic hydroxyl groups is 1. The van der Waals surface area contributed by atoms with Gasteiger partial charge < -0.3 is 20.1 Å². The first-order valence-electron chi connectivity index (χ1n) is 9.96. The molecule has 3 N–H and O–H groups in total. The normalized spacial score (nSPS) is 14.0. The molecule has 0 aliphatic carbocycles. The topological polar surface area (TPSA) is 125 Å². The highest BCUT2D eigenvalue weighted by Crippen LogP contribution is 2.34. The Morgan fingerprint density at radius 3 is 2.58 bits per heavy atom. The molecule has 1 aliphatic heterocycles. The summed E-state index contributed by atoms with van der Waals surface area (Å²) in [4.78, 5) is 26.0. The summed E-state index contributed by atoms with van der Waals surface area (Å²) in [7, 11) is -3.01. The van der Waals surface area contributed by atoms with Crippen molar-refractivity contribution in [2.24, 2.45) is 0 Å². The molecule has 3 rings (SSSR count). The molecule has 0 aromatic heterocycles. The number of sulfonamides is 1. The lowest BCUT2D eigenvalue weighted by Crippen LogP contribution is -2.31. The molecule has 0 saturated heterocycles. The molecule has 176 valence electrons. The largest absolute Gasteiger partial charge is 0.466 e. The van der Waals surface area contributed by atoms with Crippen LogP contribution in [0.2, 0.25) is 5.02 Å². The van der Waals surface area contributed by atoms with E-state index >= 15 is 0 Å². The van der Waals surface area contributed by atoms with Crippen molar-refractivity contribution in [3.8, 4) is 0 Å². The first-order valence-corrected chi connectivity index (χ1v) is 11.8. The number of ether oxygens (including phenoxy) is 1. The second-order valence-corrected chi connectivity index (χ2v) is 9.49. The summed E-state index contributed by atoms with van der Waals surface area (Å²) < 4.78 is 33.9. The van der Waals surface area contributed by atoms with Crippen molar-refractivity contribution >= 4 is 44.9 Å². The molecule has 0 unspecified atom stereocenters. The fourth-order valence-electron chi connectivity index (χ4n) is 3.49. The molecule has 0 fully saturated rings. The van der Waals surface area contributed by atoms with Crippen LogP contribution in [0.15, 0.2) is 52.6 Å². The molecule has 33 heavy (non-hydrogen) atoms. The number of β-amino-alcohol motifs (C(OH)–C–C–N with tert-alkyl or cyclic N) is 1. The van der Waals surface area contributed by atoms with Gasteiger partial charge in [-0.3, -0.25) is 9.52 Å². The highest BCUT2D eigenvalue weighted by atomic mass is 35.5. The van der Waals surface area contributed by atoms with Crippen molar-refractivity contribution in [2.45, 2.75) is 18.7 Å². The number of aryl methyl sites for hydroxylation is 2. The maximum Gasteiger partial charge on any atom is 0.337 e. The van der Waals surface area contributed by atoms with Crippen molar-refractivity contribution in [1.29, 1.82) is 0 Å². The smallest absolute Gasteiger partial charge is 0.337 e. The summed E-state index contributed by atoms with van der Waals surface area (Å²) in [6.45, 7) is 3.28. The zero-order chi connectivity index (χ0) is 24.3. The molecule has 1 heterocycles. The van der Waals surface area contributed by atoms with Gasteiger partial charge in [-0.15, -0.1) is 0 Å². The van der Waals surface area contributed by atoms with Gasteiger partial charge in [0.25, 0.3) is 15.9 Å². The van der Waals surface area contributed by atoms with Crippen molar-refractivity contribution in [3.63, 3.8) is 0 Å². The first kappa shape index (κ1) is 24.6. The van der Waals surface area contributed by atoms with Gasteiger partial charge in [0, 0.05) is 6.54 Å². The Labute approximate surface area is 197 Å². The quantitative estimate of drug-likeness (QED) is 0.482. The van der Waals surface area contributed by atoms with Crippen molar-refractivity contribution < 1.29 is 27.9 Å². The van der Waals surface area contributed by atoms with E-state index in [-0.39, 0.29) is 46.6 Å². The van der Waals surface area contributed by atoms with E-state index in [2.05, 4.69) is 10.0 Å². The van der Waals surface area contributed by atoms with Gasteiger partial charge >= 0.3 is 5.97 Å². The van der Waals surface area contributed by atoms with E-state index in [1.54, 1.807) is 19.1 Å². The second-order valence-electron chi connectivity index (χ2n) is 7.46. The van der Waals surface area contributed by atoms with Crippen LogP contribution in [0, 0.1) is 13.8 Å². The number of benzene rings is 2. The predicted molar refractivity (Wildman–Crippen MR) is 125 cm³/mol. The van der Waals surface area contributed by atoms with Crippen LogP contribution >= 0.6 is 11.6 Å². The average molecular weight is 494 g/mol. The van der Waals surface area contributed by atoms with E-state index in [1.165, 1.54) is 30.2 Å². The Morgan fingerprint density at radius 2 is 1.94 bits per heavy atom. The number of amides is 1. The van der Waals surface area contributed by atoms with Crippen molar-refractivity contribution in [1.82, 2.24) is 4.90 Å². The minimum atomic E-state index is -4.18. The Kier molecular flexibility index (Phi) is 7.31. The summed E-state index contributed by atoms with van der Waals surface area (Å²) in [5.74, 6) is -1.32. The number of aliphatic hydroxyl groups excluding tert-OH is 1. The number of carbonyl (C=O) groups excluding carboxylic acids is 2. The minimum absolute atomic E-state index is 0.000530. The Morgan fingerprint density at radius 1 is 1.21 bits per heavy atom. The number of nitrogens with one attached hydrogen (secondary N) is 2. The lowest BCUT2D eigenvalue weighted by Gasteiger charge is -2.18. The number of rotatable bonds is 8. The van der Waals surface area contributed by atoms with Gasteiger partial charge in [-0.05, 0) is 37.6 Å². The second kappa shape index (κ2) is 9.82. The third kappa shape index (κ3) is 5.13. The standard InChI is InChI=1S/C22H24ClN3O6S/c1-13-7-8-17(14(2)11-13)25-33(30,31)20-16(23)5-4-6-18(20)24-19-15(22(29)32-3)12-26(9-10-27)21(19)28/h4-8,11,24-25,27H,9-10,12H2,1-3H3. The van der Waals surface area contributed by atoms with Gasteiger partial charge in [0.2, 0.25) is 0 Å². The number of methoxy groups -OCH3 is 1. The molecule has 11 heteroatoms. The number of anilines is 2. The molecule has 2 aromatic carbocycles. The first-order chi connectivity index (χ1) is 15.6. The lowest BCUT2D eigenvalue weighted by molar-refractivity contribution is -0.136. The maximum absolute atomic E-state index is 13.3. The van der Waals surface area contributed by atoms with Crippen LogP contribution in [0.1, 0.15) is 11.1 Å². The number of carbonyl (C=O) groups is 2. The van der Waals surface area contributed by atoms with Gasteiger partial charge in [0.05, 0.1) is 42.2 Å². The van der Waals surface area contributed by atoms with Gasteiger partial charge in [-0.25, -0.2) is 13.2 Å². The fraction of sp³-hybridized carbons (Fsp3) is 0.273. The maximum atomic E-state index is 13.3. The number of nitrogens with zero attached hydrogens (tertiary/aromatic N) is 1. The van der Waals surface area contributed by atoms with E-state index < -0.39 is 21.9 Å². The zero-order valence-corrected chi connectivity index (χ0v) is 19.9. The van der Waals surface area contributed by atoms with Crippen molar-refractivity contribution in [2.75, 3.05) is 36.8 Å². The molecule has 0 atom stereocenters. The van der Waals surface area contributed by atoms with Crippen LogP contribution in [-0.2, 0) is 24.3 Å². The van der Waals surface area contributed by atoms with Gasteiger partial charge in [0.15, 0.2) is 0 Å². The summed E-state index contributed by atoms with van der Waals surface area (Å²) in [5.41, 5.74) is 1.97. The van der Waals surface area contributed by atoms with E-state index in [0.29, 0.717) is 5.69 Å². The molecule has 0 radical (unpaired) electrons. The van der Waals surface area contributed by atoms with Gasteiger partial charge in [-0.1, -0.05) is 35.4 Å². The molecule has 0 bridgehead atoms. The minimum Gasteiger partial charge on any atom is -0.466 e. The van der Waals surface area contributed by atoms with Crippen LogP contribution < -0.4 is 10.0 Å². The van der Waals surface area contributed by atoms with Crippen molar-refractivity contribution in [3.05, 3.63) is 63.8 Å². The van der Waals surface area contributed by atoms with Crippen LogP contribution in [0.3, 0.4) is 0 Å². The number of hydrogen-bond donors (Lipinski definition) is 3. The molecule has 1 amide bonds. The number of hydrogen-bond acceptors (Lipinski definition) is 7. The lowest BCUT2D eigenvalue weighted by atomic mass is 10.1. The van der Waals surface area contributed by atoms with E-state index in [0.717, 1.165) is 11.1 Å². The van der Waals surface area contributed by atoms with E-state index in [4.69, 9.17) is 16.3 Å². The van der Waals surface area contributed by atoms with Crippen LogP contribution in [0.5, 0.6) is 0 Å². The monoisotopic (exact) mass is 493 g/mol. The van der Waals surface area contributed by atoms with Gasteiger partial charge in [-0.2, -0.15) is 0 Å². The Hall–Kier alpha value is -3.08. The fourth-order valence-corrected chi connectivity index (χ4v) is 5.32. The van der Waals surface area contributed by atoms with Crippen LogP contribution in [0.25, 0.3) is 0 Å². The van der Waals surface area contributed by atoms with E-state index in [1.807, 2.05) is 13.0 Å². The molecular weight excluding hydrogens is 470 g/mol. The summed E-state index contributed by atoms with van der Waals surface area (Å²) in [6, 6.07) is 9.63. The third-order valence-electron chi connectivity index (χ3n) is 5.08. The van der Waals surface area contributed by atoms with Gasteiger partial charge in [0.1, 0.15) is 10.6 Å². The van der Waals surface area contributed by atoms with E-state index in [9.17, 15) is 23.1 Å². The summed E-state index contributed by atoms with van der Waals surface area (Å²) in [5, 5.41) is 11.9. The number of esters is 1. The van der Waals surface area contributed by atoms with Crippen LogP contribution in [0.4, 0.5) is 11.4 Å². The molecule has 2 aromatic rings.